The molecule has 2 rings (SSSR count). The van der Waals surface area contributed by atoms with Gasteiger partial charge in [-0.05, 0) is 18.9 Å². The molecule has 1 aliphatic rings. The van der Waals surface area contributed by atoms with E-state index in [0.29, 0.717) is 0 Å². The number of likely N-dealkylation sites (tertiary alicyclic amines) is 1. The van der Waals surface area contributed by atoms with Gasteiger partial charge >= 0.3 is 0 Å². The summed E-state index contributed by atoms with van der Waals surface area (Å²) in [6.45, 7) is 7.12. The molecule has 0 amide bonds. The molecule has 0 aromatic carbocycles. The molecule has 1 aliphatic heterocycles. The Morgan fingerprint density at radius 2 is 2.38 bits per heavy atom. The lowest BCUT2D eigenvalue weighted by Crippen LogP contribution is -2.24. The van der Waals surface area contributed by atoms with Gasteiger partial charge in [0.1, 0.15) is 0 Å². The Kier molecular flexibility index (Phi) is 2.64. The molecule has 13 heavy (non-hydrogen) atoms. The van der Waals surface area contributed by atoms with Gasteiger partial charge in [0.05, 0.1) is 6.33 Å². The van der Waals surface area contributed by atoms with E-state index in [1.54, 1.807) is 0 Å². The van der Waals surface area contributed by atoms with E-state index >= 15 is 0 Å². The Labute approximate surface area is 79.4 Å². The predicted molar refractivity (Wildman–Crippen MR) is 52.4 cm³/mol. The zero-order valence-corrected chi connectivity index (χ0v) is 8.19. The van der Waals surface area contributed by atoms with Crippen molar-refractivity contribution in [2.24, 2.45) is 5.92 Å². The smallest absolute Gasteiger partial charge is 0.0946 e. The lowest BCUT2D eigenvalue weighted by Gasteiger charge is -2.14. The van der Waals surface area contributed by atoms with Gasteiger partial charge in [0.2, 0.25) is 0 Å². The van der Waals surface area contributed by atoms with Crippen molar-refractivity contribution in [2.75, 3.05) is 19.6 Å². The Balaban J connectivity index is 1.74. The van der Waals surface area contributed by atoms with Crippen LogP contribution in [0.5, 0.6) is 0 Å². The van der Waals surface area contributed by atoms with Crippen LogP contribution in [0, 0.1) is 5.92 Å². The summed E-state index contributed by atoms with van der Waals surface area (Å²) in [4.78, 5) is 6.56. The molecule has 1 atom stereocenters. The van der Waals surface area contributed by atoms with Gasteiger partial charge in [0.15, 0.2) is 0 Å². The Morgan fingerprint density at radius 3 is 3.00 bits per heavy atom. The van der Waals surface area contributed by atoms with Gasteiger partial charge in [-0.15, -0.1) is 0 Å². The second-order valence-corrected chi connectivity index (χ2v) is 3.99. The summed E-state index contributed by atoms with van der Waals surface area (Å²) in [5, 5.41) is 0. The number of nitrogens with zero attached hydrogens (tertiary/aromatic N) is 3. The third-order valence-corrected chi connectivity index (χ3v) is 2.74. The van der Waals surface area contributed by atoms with Crippen LogP contribution in [0.3, 0.4) is 0 Å². The van der Waals surface area contributed by atoms with Gasteiger partial charge in [0, 0.05) is 32.0 Å². The average Bonchev–Trinajstić information content (AvgIpc) is 2.71. The molecule has 3 nitrogen and oxygen atoms in total. The normalized spacial score (nSPS) is 23.9. The van der Waals surface area contributed by atoms with E-state index in [4.69, 9.17) is 0 Å². The van der Waals surface area contributed by atoms with Crippen LogP contribution < -0.4 is 0 Å². The maximum absolute atomic E-state index is 4.03. The first-order valence-electron chi connectivity index (χ1n) is 5.02. The highest BCUT2D eigenvalue weighted by molar-refractivity contribution is 4.76. The van der Waals surface area contributed by atoms with Crippen LogP contribution in [0.15, 0.2) is 18.7 Å². The molecule has 0 saturated carbocycles. The summed E-state index contributed by atoms with van der Waals surface area (Å²) in [5.41, 5.74) is 0. The number of hydrogen-bond donors (Lipinski definition) is 0. The third-order valence-electron chi connectivity index (χ3n) is 2.74. The third kappa shape index (κ3) is 2.31. The average molecular weight is 179 g/mol. The van der Waals surface area contributed by atoms with Crippen LogP contribution in [0.1, 0.15) is 13.3 Å². The highest BCUT2D eigenvalue weighted by Gasteiger charge is 2.17. The van der Waals surface area contributed by atoms with Crippen LogP contribution in [0.4, 0.5) is 0 Å². The summed E-state index contributed by atoms with van der Waals surface area (Å²) in [7, 11) is 0. The largest absolute Gasteiger partial charge is 0.336 e. The predicted octanol–water partition coefficient (Wildman–Crippen LogP) is 1.22. The minimum Gasteiger partial charge on any atom is -0.336 e. The maximum atomic E-state index is 4.03. The van der Waals surface area contributed by atoms with Crippen LogP contribution in [0.2, 0.25) is 0 Å². The van der Waals surface area contributed by atoms with Gasteiger partial charge in [0.25, 0.3) is 0 Å². The minimum absolute atomic E-state index is 0.891. The van der Waals surface area contributed by atoms with Gasteiger partial charge in [-0.25, -0.2) is 4.98 Å². The van der Waals surface area contributed by atoms with Crippen molar-refractivity contribution >= 4 is 0 Å². The molecule has 0 spiro atoms. The van der Waals surface area contributed by atoms with Gasteiger partial charge in [-0.1, -0.05) is 6.92 Å². The number of rotatable bonds is 3. The first kappa shape index (κ1) is 8.75. The molecule has 0 aliphatic carbocycles. The maximum Gasteiger partial charge on any atom is 0.0946 e. The zero-order valence-electron chi connectivity index (χ0n) is 8.19. The van der Waals surface area contributed by atoms with Crippen molar-refractivity contribution in [3.63, 3.8) is 0 Å². The van der Waals surface area contributed by atoms with E-state index in [-0.39, 0.29) is 0 Å². The number of imidazole rings is 1. The van der Waals surface area contributed by atoms with E-state index in [1.807, 2.05) is 18.7 Å². The fourth-order valence-electron chi connectivity index (χ4n) is 1.91. The zero-order chi connectivity index (χ0) is 9.10. The van der Waals surface area contributed by atoms with Crippen molar-refractivity contribution in [1.82, 2.24) is 14.5 Å². The summed E-state index contributed by atoms with van der Waals surface area (Å²) in [5.74, 6) is 0.891. The number of aromatic nitrogens is 2. The van der Waals surface area contributed by atoms with E-state index in [9.17, 15) is 0 Å². The summed E-state index contributed by atoms with van der Waals surface area (Å²) in [6.07, 6.45) is 7.12. The van der Waals surface area contributed by atoms with Crippen molar-refractivity contribution in [3.05, 3.63) is 18.7 Å². The van der Waals surface area contributed by atoms with E-state index in [1.165, 1.54) is 26.1 Å². The summed E-state index contributed by atoms with van der Waals surface area (Å²) >= 11 is 0. The topological polar surface area (TPSA) is 21.1 Å². The molecule has 0 radical (unpaired) electrons. The molecule has 1 fully saturated rings. The number of hydrogen-bond acceptors (Lipinski definition) is 2. The quantitative estimate of drug-likeness (QED) is 0.695. The molecule has 1 aromatic rings. The summed E-state index contributed by atoms with van der Waals surface area (Å²) in [6, 6.07) is 0. The second kappa shape index (κ2) is 3.92. The highest BCUT2D eigenvalue weighted by Crippen LogP contribution is 2.14. The molecule has 3 heteroatoms. The molecule has 0 bridgehead atoms. The molecule has 0 N–H and O–H groups in total. The molecule has 0 unspecified atom stereocenters. The van der Waals surface area contributed by atoms with Crippen LogP contribution in [-0.2, 0) is 6.54 Å². The first-order chi connectivity index (χ1) is 6.34. The lowest BCUT2D eigenvalue weighted by atomic mass is 10.2. The Bertz CT molecular complexity index is 243. The van der Waals surface area contributed by atoms with Gasteiger partial charge < -0.3 is 9.47 Å². The molecule has 72 valence electrons. The standard InChI is InChI=1S/C10H17N3/c1-10-2-4-12(8-10)6-7-13-5-3-11-9-13/h3,5,9-10H,2,4,6-8H2,1H3/t10-/m1/s1. The minimum atomic E-state index is 0.891. The molecule has 1 saturated heterocycles. The van der Waals surface area contributed by atoms with Crippen LogP contribution in [-0.4, -0.2) is 34.1 Å². The first-order valence-corrected chi connectivity index (χ1v) is 5.02. The van der Waals surface area contributed by atoms with E-state index in [0.717, 1.165) is 12.5 Å². The van der Waals surface area contributed by atoms with Crippen LogP contribution >= 0.6 is 0 Å². The molecular weight excluding hydrogens is 162 g/mol. The van der Waals surface area contributed by atoms with Crippen LogP contribution in [0.25, 0.3) is 0 Å². The lowest BCUT2D eigenvalue weighted by molar-refractivity contribution is 0.312. The monoisotopic (exact) mass is 179 g/mol. The van der Waals surface area contributed by atoms with E-state index in [2.05, 4.69) is 21.4 Å². The fourth-order valence-corrected chi connectivity index (χ4v) is 1.91. The highest BCUT2D eigenvalue weighted by atomic mass is 15.2. The van der Waals surface area contributed by atoms with Crippen molar-refractivity contribution in [1.29, 1.82) is 0 Å². The SMILES string of the molecule is C[C@@H]1CCN(CCn2ccnc2)C1. The van der Waals surface area contributed by atoms with Crippen molar-refractivity contribution < 1.29 is 0 Å². The van der Waals surface area contributed by atoms with Gasteiger partial charge in [-0.2, -0.15) is 0 Å². The molecule has 2 heterocycles. The fraction of sp³-hybridized carbons (Fsp3) is 0.700. The molecule has 1 aromatic heterocycles. The van der Waals surface area contributed by atoms with Gasteiger partial charge in [-0.3, -0.25) is 0 Å². The Hall–Kier alpha value is -0.830. The van der Waals surface area contributed by atoms with E-state index < -0.39 is 0 Å². The second-order valence-electron chi connectivity index (χ2n) is 3.99. The molecular formula is C10H17N3. The van der Waals surface area contributed by atoms with Crippen molar-refractivity contribution in [2.45, 2.75) is 19.9 Å². The van der Waals surface area contributed by atoms with Crippen molar-refractivity contribution in [3.8, 4) is 0 Å². The summed E-state index contributed by atoms with van der Waals surface area (Å²) < 4.78 is 2.14. The Morgan fingerprint density at radius 1 is 1.46 bits per heavy atom.